The predicted molar refractivity (Wildman–Crippen MR) is 89.8 cm³/mol. The third kappa shape index (κ3) is 4.07. The van der Waals surface area contributed by atoms with Gasteiger partial charge in [0.2, 0.25) is 11.0 Å². The highest BCUT2D eigenvalue weighted by Crippen LogP contribution is 2.23. The predicted octanol–water partition coefficient (Wildman–Crippen LogP) is 1.56. The van der Waals surface area contributed by atoms with Crippen LogP contribution in [0.5, 0.6) is 0 Å². The van der Waals surface area contributed by atoms with Crippen molar-refractivity contribution in [1.82, 2.24) is 15.1 Å². The minimum Gasteiger partial charge on any atom is -0.375 e. The lowest BCUT2D eigenvalue weighted by Crippen LogP contribution is -2.49. The molecular weight excluding hydrogens is 331 g/mol. The molecule has 3 rings (SSSR count). The summed E-state index contributed by atoms with van der Waals surface area (Å²) in [5.41, 5.74) is 1.01. The summed E-state index contributed by atoms with van der Waals surface area (Å²) in [6, 6.07) is 6.42. The average molecular weight is 350 g/mol. The molecule has 0 spiro atoms. The summed E-state index contributed by atoms with van der Waals surface area (Å²) in [6.07, 6.45) is 0.643. The van der Waals surface area contributed by atoms with Gasteiger partial charge in [-0.2, -0.15) is 0 Å². The van der Waals surface area contributed by atoms with Gasteiger partial charge in [0.1, 0.15) is 17.4 Å². The van der Waals surface area contributed by atoms with Crippen molar-refractivity contribution in [2.24, 2.45) is 0 Å². The van der Waals surface area contributed by atoms with Crippen LogP contribution in [0.4, 0.5) is 9.52 Å². The minimum absolute atomic E-state index is 0.0198. The lowest BCUT2D eigenvalue weighted by molar-refractivity contribution is -0.135. The number of carbonyl (C=O) groups excluding carboxylic acids is 1. The van der Waals surface area contributed by atoms with Crippen molar-refractivity contribution in [2.45, 2.75) is 6.42 Å². The maximum Gasteiger partial charge on any atom is 0.248 e. The number of rotatable bonds is 5. The van der Waals surface area contributed by atoms with E-state index < -0.39 is 0 Å². The fourth-order valence-electron chi connectivity index (χ4n) is 2.58. The van der Waals surface area contributed by atoms with Crippen molar-refractivity contribution < 1.29 is 13.9 Å². The van der Waals surface area contributed by atoms with Crippen LogP contribution in [0.1, 0.15) is 10.6 Å². The van der Waals surface area contributed by atoms with Gasteiger partial charge in [0.25, 0.3) is 0 Å². The van der Waals surface area contributed by atoms with E-state index in [2.05, 4.69) is 15.1 Å². The quantitative estimate of drug-likeness (QED) is 0.819. The second kappa shape index (κ2) is 7.67. The molecular formula is C16H19FN4O2S. The SMILES string of the molecule is COCC(=O)N1CCN(c2nnc(Cc3ccc(F)cc3)s2)CC1. The van der Waals surface area contributed by atoms with Gasteiger partial charge in [-0.25, -0.2) is 4.39 Å². The van der Waals surface area contributed by atoms with Crippen LogP contribution in [0.2, 0.25) is 0 Å². The van der Waals surface area contributed by atoms with Gasteiger partial charge < -0.3 is 14.5 Å². The summed E-state index contributed by atoms with van der Waals surface area (Å²) < 4.78 is 17.8. The van der Waals surface area contributed by atoms with E-state index in [-0.39, 0.29) is 18.3 Å². The molecule has 1 aromatic carbocycles. The topological polar surface area (TPSA) is 58.6 Å². The molecule has 1 aliphatic heterocycles. The highest BCUT2D eigenvalue weighted by atomic mass is 32.1. The van der Waals surface area contributed by atoms with Gasteiger partial charge in [-0.3, -0.25) is 4.79 Å². The summed E-state index contributed by atoms with van der Waals surface area (Å²) in [5, 5.41) is 10.2. The third-order valence-corrected chi connectivity index (χ3v) is 4.88. The molecule has 2 heterocycles. The lowest BCUT2D eigenvalue weighted by Gasteiger charge is -2.34. The Morgan fingerprint density at radius 2 is 1.92 bits per heavy atom. The Morgan fingerprint density at radius 3 is 2.58 bits per heavy atom. The van der Waals surface area contributed by atoms with Crippen molar-refractivity contribution in [1.29, 1.82) is 0 Å². The number of aromatic nitrogens is 2. The van der Waals surface area contributed by atoms with Gasteiger partial charge in [-0.1, -0.05) is 23.5 Å². The van der Waals surface area contributed by atoms with Gasteiger partial charge in [-0.15, -0.1) is 10.2 Å². The summed E-state index contributed by atoms with van der Waals surface area (Å²) in [6.45, 7) is 2.92. The molecule has 6 nitrogen and oxygen atoms in total. The van der Waals surface area contributed by atoms with E-state index in [1.807, 2.05) is 0 Å². The van der Waals surface area contributed by atoms with Crippen LogP contribution in [-0.4, -0.2) is 60.9 Å². The molecule has 1 saturated heterocycles. The number of hydrogen-bond donors (Lipinski definition) is 0. The number of ether oxygens (including phenoxy) is 1. The first-order valence-corrected chi connectivity index (χ1v) is 8.56. The zero-order valence-corrected chi connectivity index (χ0v) is 14.3. The highest BCUT2D eigenvalue weighted by molar-refractivity contribution is 7.15. The van der Waals surface area contributed by atoms with E-state index in [1.165, 1.54) is 19.2 Å². The number of anilines is 1. The van der Waals surface area contributed by atoms with Crippen molar-refractivity contribution in [3.05, 3.63) is 40.7 Å². The molecule has 1 aliphatic rings. The molecule has 128 valence electrons. The number of hydrogen-bond acceptors (Lipinski definition) is 6. The average Bonchev–Trinajstić information content (AvgIpc) is 3.06. The van der Waals surface area contributed by atoms with Crippen LogP contribution in [0, 0.1) is 5.82 Å². The van der Waals surface area contributed by atoms with Crippen LogP contribution >= 0.6 is 11.3 Å². The molecule has 1 aromatic heterocycles. The third-order valence-electron chi connectivity index (χ3n) is 3.90. The Hall–Kier alpha value is -2.06. The smallest absolute Gasteiger partial charge is 0.248 e. The number of carbonyl (C=O) groups is 1. The molecule has 0 bridgehead atoms. The number of methoxy groups -OCH3 is 1. The van der Waals surface area contributed by atoms with Crippen LogP contribution in [0.25, 0.3) is 0 Å². The largest absolute Gasteiger partial charge is 0.375 e. The number of halogens is 1. The first-order valence-electron chi connectivity index (χ1n) is 7.74. The van der Waals surface area contributed by atoms with Crippen LogP contribution in [0.15, 0.2) is 24.3 Å². The van der Waals surface area contributed by atoms with Crippen molar-refractivity contribution in [3.63, 3.8) is 0 Å². The molecule has 0 atom stereocenters. The van der Waals surface area contributed by atoms with Crippen LogP contribution < -0.4 is 4.90 Å². The molecule has 1 amide bonds. The van der Waals surface area contributed by atoms with Crippen molar-refractivity contribution in [2.75, 3.05) is 44.8 Å². The van der Waals surface area contributed by atoms with Crippen LogP contribution in [0.3, 0.4) is 0 Å². The Balaban J connectivity index is 1.56. The number of piperazine rings is 1. The zero-order valence-electron chi connectivity index (χ0n) is 13.4. The Morgan fingerprint density at radius 1 is 1.21 bits per heavy atom. The number of benzene rings is 1. The van der Waals surface area contributed by atoms with Crippen molar-refractivity contribution in [3.8, 4) is 0 Å². The zero-order chi connectivity index (χ0) is 16.9. The molecule has 24 heavy (non-hydrogen) atoms. The Kier molecular flexibility index (Phi) is 5.37. The Labute approximate surface area is 143 Å². The van der Waals surface area contributed by atoms with E-state index in [0.29, 0.717) is 19.5 Å². The standard InChI is InChI=1S/C16H19FN4O2S/c1-23-11-15(22)20-6-8-21(9-7-20)16-19-18-14(24-16)10-12-2-4-13(17)5-3-12/h2-5H,6-11H2,1H3. The van der Waals surface area contributed by atoms with E-state index in [9.17, 15) is 9.18 Å². The fourth-order valence-corrected chi connectivity index (χ4v) is 3.51. The maximum absolute atomic E-state index is 12.9. The Bertz CT molecular complexity index is 684. The van der Waals surface area contributed by atoms with Gasteiger partial charge in [0, 0.05) is 39.7 Å². The van der Waals surface area contributed by atoms with E-state index in [1.54, 1.807) is 28.4 Å². The molecule has 1 fully saturated rings. The van der Waals surface area contributed by atoms with Gasteiger partial charge >= 0.3 is 0 Å². The van der Waals surface area contributed by atoms with E-state index in [4.69, 9.17) is 4.74 Å². The molecule has 0 saturated carbocycles. The van der Waals surface area contributed by atoms with E-state index in [0.717, 1.165) is 28.8 Å². The highest BCUT2D eigenvalue weighted by Gasteiger charge is 2.23. The molecule has 2 aromatic rings. The second-order valence-electron chi connectivity index (χ2n) is 5.58. The molecule has 0 unspecified atom stereocenters. The molecule has 0 N–H and O–H groups in total. The molecule has 0 radical (unpaired) electrons. The fraction of sp³-hybridized carbons (Fsp3) is 0.438. The first-order chi connectivity index (χ1) is 11.7. The number of amides is 1. The summed E-state index contributed by atoms with van der Waals surface area (Å²) in [5.74, 6) is -0.219. The van der Waals surface area contributed by atoms with Gasteiger partial charge in [-0.05, 0) is 17.7 Å². The van der Waals surface area contributed by atoms with Gasteiger partial charge in [0.15, 0.2) is 0 Å². The maximum atomic E-state index is 12.9. The van der Waals surface area contributed by atoms with E-state index >= 15 is 0 Å². The monoisotopic (exact) mass is 350 g/mol. The minimum atomic E-state index is -0.238. The first kappa shape index (κ1) is 16.8. The van der Waals surface area contributed by atoms with Gasteiger partial charge in [0.05, 0.1) is 0 Å². The molecule has 0 aliphatic carbocycles. The van der Waals surface area contributed by atoms with Crippen LogP contribution in [-0.2, 0) is 16.0 Å². The summed E-state index contributed by atoms with van der Waals surface area (Å²) in [7, 11) is 1.53. The summed E-state index contributed by atoms with van der Waals surface area (Å²) >= 11 is 1.54. The number of nitrogens with zero attached hydrogens (tertiary/aromatic N) is 4. The normalized spacial score (nSPS) is 14.9. The van der Waals surface area contributed by atoms with Crippen molar-refractivity contribution >= 4 is 22.4 Å². The molecule has 8 heteroatoms. The second-order valence-corrected chi connectivity index (χ2v) is 6.62. The summed E-state index contributed by atoms with van der Waals surface area (Å²) in [4.78, 5) is 15.8. The lowest BCUT2D eigenvalue weighted by atomic mass is 10.2.